The van der Waals surface area contributed by atoms with E-state index in [0.29, 0.717) is 35.9 Å². The molecule has 0 aromatic heterocycles. The Morgan fingerprint density at radius 2 is 1.83 bits per heavy atom. The number of likely N-dealkylation sites (N-methyl/N-ethyl adjacent to an activating group) is 1. The van der Waals surface area contributed by atoms with E-state index in [-0.39, 0.29) is 29.6 Å². The first-order valence-corrected chi connectivity index (χ1v) is 13.2. The van der Waals surface area contributed by atoms with Gasteiger partial charge in [-0.2, -0.15) is 0 Å². The molecule has 4 rings (SSSR count). The van der Waals surface area contributed by atoms with Gasteiger partial charge < -0.3 is 30.7 Å². The lowest BCUT2D eigenvalue weighted by Crippen LogP contribution is -2.43. The summed E-state index contributed by atoms with van der Waals surface area (Å²) in [6.45, 7) is 1.19. The molecule has 1 aliphatic rings. The molecule has 10 nitrogen and oxygen atoms in total. The lowest BCUT2D eigenvalue weighted by atomic mass is 10.1. The number of carboxylic acids is 1. The number of benzene rings is 3. The number of carbonyl (C=O) groups is 3. The smallest absolute Gasteiger partial charge is 0.335 e. The molecule has 0 saturated carbocycles. The van der Waals surface area contributed by atoms with Crippen molar-refractivity contribution in [2.45, 2.75) is 25.3 Å². The van der Waals surface area contributed by atoms with Gasteiger partial charge in [0.25, 0.3) is 0 Å². The van der Waals surface area contributed by atoms with Crippen molar-refractivity contribution in [3.05, 3.63) is 77.6 Å². The Labute approximate surface area is 238 Å². The van der Waals surface area contributed by atoms with Gasteiger partial charge in [-0.15, -0.1) is 0 Å². The van der Waals surface area contributed by atoms with Gasteiger partial charge in [0.2, 0.25) is 5.91 Å². The fourth-order valence-electron chi connectivity index (χ4n) is 5.06. The highest BCUT2D eigenvalue weighted by Gasteiger charge is 2.30. The van der Waals surface area contributed by atoms with Crippen LogP contribution in [0.1, 0.15) is 28.8 Å². The highest BCUT2D eigenvalue weighted by Crippen LogP contribution is 2.31. The molecule has 1 unspecified atom stereocenters. The number of likely N-dealkylation sites (tertiary alicyclic amines) is 1. The van der Waals surface area contributed by atoms with Crippen LogP contribution in [-0.4, -0.2) is 68.3 Å². The van der Waals surface area contributed by atoms with Crippen LogP contribution in [0.5, 0.6) is 5.75 Å². The summed E-state index contributed by atoms with van der Waals surface area (Å²) in [6.07, 6.45) is 1.87. The molecule has 1 aliphatic heterocycles. The molecule has 0 radical (unpaired) electrons. The number of anilines is 4. The Balaban J connectivity index is 1.42. The summed E-state index contributed by atoms with van der Waals surface area (Å²) in [4.78, 5) is 42.5. The number of hydrogen-bond acceptors (Lipinski definition) is 6. The Kier molecular flexibility index (Phi) is 8.96. The van der Waals surface area contributed by atoms with E-state index in [9.17, 15) is 23.9 Å². The highest BCUT2D eigenvalue weighted by molar-refractivity contribution is 6.02. The molecule has 3 aromatic rings. The summed E-state index contributed by atoms with van der Waals surface area (Å²) >= 11 is 0. The molecule has 41 heavy (non-hydrogen) atoms. The fourth-order valence-corrected chi connectivity index (χ4v) is 5.06. The molecule has 1 atom stereocenters. The van der Waals surface area contributed by atoms with Crippen molar-refractivity contribution in [1.82, 2.24) is 4.90 Å². The van der Waals surface area contributed by atoms with E-state index in [2.05, 4.69) is 5.32 Å². The number of para-hydroxylation sites is 1. The van der Waals surface area contributed by atoms with Crippen molar-refractivity contribution in [2.24, 2.45) is 0 Å². The predicted octanol–water partition coefficient (Wildman–Crippen LogP) is 4.45. The maximum Gasteiger partial charge on any atom is 0.335 e. The maximum atomic E-state index is 14.0. The van der Waals surface area contributed by atoms with Crippen molar-refractivity contribution < 1.29 is 28.6 Å². The lowest BCUT2D eigenvalue weighted by molar-refractivity contribution is -0.131. The Morgan fingerprint density at radius 3 is 2.51 bits per heavy atom. The topological polar surface area (TPSA) is 128 Å². The zero-order valence-corrected chi connectivity index (χ0v) is 23.3. The monoisotopic (exact) mass is 563 g/mol. The van der Waals surface area contributed by atoms with Gasteiger partial charge in [0.05, 0.1) is 41.8 Å². The SMILES string of the molecule is COc1cc(CC(=O)N2CCCC2CN(C)c2ccc(C(=O)O)cc2N)ccc1N(C)C(=O)Nc1ccccc1F. The van der Waals surface area contributed by atoms with Gasteiger partial charge in [0.1, 0.15) is 11.6 Å². The minimum atomic E-state index is -1.04. The number of nitrogens with zero attached hydrogens (tertiary/aromatic N) is 3. The summed E-state index contributed by atoms with van der Waals surface area (Å²) in [5, 5.41) is 11.7. The largest absolute Gasteiger partial charge is 0.495 e. The highest BCUT2D eigenvalue weighted by atomic mass is 19.1. The molecule has 0 spiro atoms. The van der Waals surface area contributed by atoms with E-state index >= 15 is 0 Å². The molecule has 216 valence electrons. The molecule has 3 amide bonds. The third kappa shape index (κ3) is 6.68. The van der Waals surface area contributed by atoms with Crippen LogP contribution >= 0.6 is 0 Å². The number of methoxy groups -OCH3 is 1. The van der Waals surface area contributed by atoms with Crippen molar-refractivity contribution >= 4 is 40.7 Å². The van der Waals surface area contributed by atoms with Crippen LogP contribution in [0.15, 0.2) is 60.7 Å². The lowest BCUT2D eigenvalue weighted by Gasteiger charge is -2.30. The molecule has 3 aromatic carbocycles. The first-order valence-electron chi connectivity index (χ1n) is 13.2. The molecule has 1 fully saturated rings. The average Bonchev–Trinajstić information content (AvgIpc) is 3.41. The first-order chi connectivity index (χ1) is 19.6. The van der Waals surface area contributed by atoms with Gasteiger partial charge >= 0.3 is 12.0 Å². The van der Waals surface area contributed by atoms with Gasteiger partial charge in [-0.1, -0.05) is 18.2 Å². The third-order valence-electron chi connectivity index (χ3n) is 7.25. The van der Waals surface area contributed by atoms with Crippen LogP contribution in [0, 0.1) is 5.82 Å². The number of nitrogens with two attached hydrogens (primary N) is 1. The van der Waals surface area contributed by atoms with E-state index in [0.717, 1.165) is 18.4 Å². The number of aromatic carboxylic acids is 1. The van der Waals surface area contributed by atoms with Crippen molar-refractivity contribution in [3.63, 3.8) is 0 Å². The number of ether oxygens (including phenoxy) is 1. The van der Waals surface area contributed by atoms with E-state index in [1.54, 1.807) is 37.4 Å². The summed E-state index contributed by atoms with van der Waals surface area (Å²) < 4.78 is 19.5. The maximum absolute atomic E-state index is 14.0. The average molecular weight is 564 g/mol. The van der Waals surface area contributed by atoms with Crippen molar-refractivity contribution in [3.8, 4) is 5.75 Å². The number of halogens is 1. The van der Waals surface area contributed by atoms with Gasteiger partial charge in [-0.3, -0.25) is 9.69 Å². The molecular formula is C30H34FN5O5. The number of rotatable bonds is 9. The Hall–Kier alpha value is -4.80. The second kappa shape index (κ2) is 12.6. The molecular weight excluding hydrogens is 529 g/mol. The molecule has 0 bridgehead atoms. The van der Waals surface area contributed by atoms with Crippen LogP contribution < -0.4 is 25.6 Å². The summed E-state index contributed by atoms with van der Waals surface area (Å²) in [7, 11) is 4.90. The number of urea groups is 1. The minimum absolute atomic E-state index is 0.0274. The first kappa shape index (κ1) is 29.2. The van der Waals surface area contributed by atoms with E-state index < -0.39 is 17.8 Å². The Bertz CT molecular complexity index is 1450. The number of nitrogens with one attached hydrogen (secondary N) is 1. The van der Waals surface area contributed by atoms with Crippen LogP contribution in [0.2, 0.25) is 0 Å². The normalized spacial score (nSPS) is 14.4. The molecule has 0 aliphatic carbocycles. The van der Waals surface area contributed by atoms with E-state index in [1.165, 1.54) is 42.3 Å². The molecule has 1 saturated heterocycles. The number of nitrogen functional groups attached to an aromatic ring is 1. The minimum Gasteiger partial charge on any atom is -0.495 e. The number of carbonyl (C=O) groups excluding carboxylic acids is 2. The van der Waals surface area contributed by atoms with Gasteiger partial charge in [0, 0.05) is 33.2 Å². The zero-order valence-electron chi connectivity index (χ0n) is 23.3. The number of hydrogen-bond donors (Lipinski definition) is 3. The van der Waals surface area contributed by atoms with Crippen molar-refractivity contribution in [2.75, 3.05) is 55.1 Å². The molecule has 11 heteroatoms. The third-order valence-corrected chi connectivity index (χ3v) is 7.25. The van der Waals surface area contributed by atoms with Crippen LogP contribution in [0.4, 0.5) is 31.9 Å². The predicted molar refractivity (Wildman–Crippen MR) is 156 cm³/mol. The van der Waals surface area contributed by atoms with E-state index in [1.807, 2.05) is 16.8 Å². The number of amides is 3. The van der Waals surface area contributed by atoms with Gasteiger partial charge in [-0.25, -0.2) is 14.0 Å². The quantitative estimate of drug-likeness (QED) is 0.328. The molecule has 4 N–H and O–H groups in total. The van der Waals surface area contributed by atoms with Gasteiger partial charge in [-0.05, 0) is 60.9 Å². The Morgan fingerprint density at radius 1 is 1.10 bits per heavy atom. The fraction of sp³-hybridized carbons (Fsp3) is 0.300. The standard InChI is InChI=1S/C30H34FN5O5/c1-34(25-13-11-20(29(38)39)17-23(25)32)18-21-7-6-14-36(21)28(37)16-19-10-12-26(27(15-19)41-3)35(2)30(40)33-24-9-5-4-8-22(24)31/h4-5,8-13,15,17,21H,6-7,14,16,18,32H2,1-3H3,(H,33,40)(H,38,39). The summed E-state index contributed by atoms with van der Waals surface area (Å²) in [6, 6.07) is 15.2. The molecule has 1 heterocycles. The summed E-state index contributed by atoms with van der Waals surface area (Å²) in [5.74, 6) is -1.21. The number of carboxylic acid groups (broad SMARTS) is 1. The second-order valence-electron chi connectivity index (χ2n) is 9.99. The van der Waals surface area contributed by atoms with Crippen molar-refractivity contribution in [1.29, 1.82) is 0 Å². The van der Waals surface area contributed by atoms with Crippen LogP contribution in [0.3, 0.4) is 0 Å². The van der Waals surface area contributed by atoms with E-state index in [4.69, 9.17) is 10.5 Å². The van der Waals surface area contributed by atoms with Crippen LogP contribution in [0.25, 0.3) is 0 Å². The summed E-state index contributed by atoms with van der Waals surface area (Å²) in [5.41, 5.74) is 8.56. The second-order valence-corrected chi connectivity index (χ2v) is 9.99. The zero-order chi connectivity index (χ0) is 29.7. The van der Waals surface area contributed by atoms with Crippen LogP contribution in [-0.2, 0) is 11.2 Å². The van der Waals surface area contributed by atoms with Gasteiger partial charge in [0.15, 0.2) is 0 Å².